The van der Waals surface area contributed by atoms with Crippen LogP contribution < -0.4 is 5.32 Å². The molecule has 0 radical (unpaired) electrons. The number of hydrogen-bond acceptors (Lipinski definition) is 4. The first-order chi connectivity index (χ1) is 20.4. The molecule has 3 amide bonds. The Morgan fingerprint density at radius 2 is 1.71 bits per heavy atom. The number of nitrogens with one attached hydrogen (secondary N) is 2. The molecular weight excluding hydrogens is 548 g/mol. The third-order valence-electron chi connectivity index (χ3n) is 9.63. The molecule has 3 saturated heterocycles. The highest BCUT2D eigenvalue weighted by Gasteiger charge is 2.33. The summed E-state index contributed by atoms with van der Waals surface area (Å²) in [5.74, 6) is 0.412. The maximum absolute atomic E-state index is 14.0. The highest BCUT2D eigenvalue weighted by atomic mass is 35.5. The van der Waals surface area contributed by atoms with Crippen LogP contribution in [-0.2, 0) is 11.2 Å². The van der Waals surface area contributed by atoms with Crippen molar-refractivity contribution in [3.05, 3.63) is 64.3 Å². The molecule has 224 valence electrons. The van der Waals surface area contributed by atoms with Gasteiger partial charge in [-0.1, -0.05) is 36.2 Å². The minimum Gasteiger partial charge on any atom is -0.341 e. The highest BCUT2D eigenvalue weighted by Crippen LogP contribution is 2.30. The van der Waals surface area contributed by atoms with E-state index in [4.69, 9.17) is 11.6 Å². The topological polar surface area (TPSA) is 84.6 Å². The lowest BCUT2D eigenvalue weighted by Crippen LogP contribution is -2.56. The first-order valence-corrected chi connectivity index (χ1v) is 16.1. The van der Waals surface area contributed by atoms with E-state index >= 15 is 0 Å². The zero-order chi connectivity index (χ0) is 29.1. The van der Waals surface area contributed by atoms with Crippen LogP contribution in [0.5, 0.6) is 0 Å². The van der Waals surface area contributed by atoms with E-state index in [2.05, 4.69) is 45.5 Å². The highest BCUT2D eigenvalue weighted by molar-refractivity contribution is 6.30. The van der Waals surface area contributed by atoms with Gasteiger partial charge in [0.05, 0.1) is 11.7 Å². The van der Waals surface area contributed by atoms with Gasteiger partial charge in [0.25, 0.3) is 0 Å². The number of urea groups is 1. The number of rotatable bonds is 6. The molecular formula is C33H43ClN6O2. The van der Waals surface area contributed by atoms with E-state index < -0.39 is 6.04 Å². The Bertz CT molecular complexity index is 1390. The van der Waals surface area contributed by atoms with Gasteiger partial charge >= 0.3 is 6.03 Å². The van der Waals surface area contributed by atoms with Crippen LogP contribution in [0.25, 0.3) is 10.9 Å². The first-order valence-electron chi connectivity index (χ1n) is 15.7. The zero-order valence-corrected chi connectivity index (χ0v) is 25.4. The Morgan fingerprint density at radius 3 is 2.45 bits per heavy atom. The third kappa shape index (κ3) is 6.60. The standard InChI is InChI=1S/C33H43ClN6O2/c1-23-18-24(19-27-22-35-37-31(23)27)20-30(32(41)39-16-10-29(11-17-39)38-12-3-2-4-13-38)36-33(42)40-14-8-25(9-15-40)26-6-5-7-28(34)21-26/h5-7,18-19,21-22,25,29-30H,2-4,8-17,20H2,1H3,(H,35,37)(H,36,42)/t30-/m1/s1. The number of benzene rings is 2. The number of fused-ring (bicyclic) bond motifs is 1. The minimum atomic E-state index is -0.613. The number of aromatic nitrogens is 2. The Balaban J connectivity index is 1.13. The van der Waals surface area contributed by atoms with Gasteiger partial charge in [-0.05, 0) is 99.3 Å². The largest absolute Gasteiger partial charge is 0.341 e. The van der Waals surface area contributed by atoms with Crippen LogP contribution >= 0.6 is 11.6 Å². The molecule has 3 aromatic rings. The molecule has 6 rings (SSSR count). The molecule has 3 aliphatic rings. The lowest BCUT2D eigenvalue weighted by Gasteiger charge is -2.41. The number of hydrogen-bond donors (Lipinski definition) is 2. The molecule has 3 fully saturated rings. The van der Waals surface area contributed by atoms with Crippen LogP contribution in [-0.4, -0.2) is 88.2 Å². The van der Waals surface area contributed by atoms with Gasteiger partial charge in [-0.3, -0.25) is 9.89 Å². The molecule has 1 atom stereocenters. The van der Waals surface area contributed by atoms with Crippen LogP contribution in [0.2, 0.25) is 5.02 Å². The number of likely N-dealkylation sites (tertiary alicyclic amines) is 3. The SMILES string of the molecule is Cc1cc(C[C@@H](NC(=O)N2CCC(c3cccc(Cl)c3)CC2)C(=O)N2CCC(N3CCCCC3)CC2)cc2cn[nH]c12. The molecule has 0 bridgehead atoms. The number of carbonyl (C=O) groups excluding carboxylic acids is 2. The minimum absolute atomic E-state index is 0.0270. The Kier molecular flexibility index (Phi) is 9.00. The van der Waals surface area contributed by atoms with Crippen molar-refractivity contribution >= 4 is 34.4 Å². The lowest BCUT2D eigenvalue weighted by atomic mass is 9.89. The van der Waals surface area contributed by atoms with Gasteiger partial charge < -0.3 is 20.0 Å². The maximum atomic E-state index is 14.0. The summed E-state index contributed by atoms with van der Waals surface area (Å²) in [4.78, 5) is 34.1. The molecule has 9 heteroatoms. The van der Waals surface area contributed by atoms with Crippen LogP contribution in [0.3, 0.4) is 0 Å². The molecule has 3 aliphatic heterocycles. The first kappa shape index (κ1) is 29.0. The summed E-state index contributed by atoms with van der Waals surface area (Å²) < 4.78 is 0. The molecule has 0 unspecified atom stereocenters. The Labute approximate surface area is 253 Å². The average Bonchev–Trinajstić information content (AvgIpc) is 3.50. The lowest BCUT2D eigenvalue weighted by molar-refractivity contribution is -0.134. The maximum Gasteiger partial charge on any atom is 0.318 e. The monoisotopic (exact) mass is 590 g/mol. The van der Waals surface area contributed by atoms with Crippen molar-refractivity contribution < 1.29 is 9.59 Å². The van der Waals surface area contributed by atoms with Crippen molar-refractivity contribution in [2.24, 2.45) is 0 Å². The Hall–Kier alpha value is -3.10. The second-order valence-electron chi connectivity index (χ2n) is 12.4. The van der Waals surface area contributed by atoms with Gasteiger partial charge in [0, 0.05) is 49.1 Å². The molecule has 0 spiro atoms. The van der Waals surface area contributed by atoms with Crippen molar-refractivity contribution in [1.82, 2.24) is 30.2 Å². The van der Waals surface area contributed by atoms with E-state index in [0.29, 0.717) is 31.5 Å². The predicted molar refractivity (Wildman–Crippen MR) is 167 cm³/mol. The fourth-order valence-corrected chi connectivity index (χ4v) is 7.44. The summed E-state index contributed by atoms with van der Waals surface area (Å²) in [6, 6.07) is 12.0. The molecule has 2 N–H and O–H groups in total. The van der Waals surface area contributed by atoms with Gasteiger partial charge in [0.15, 0.2) is 0 Å². The van der Waals surface area contributed by atoms with E-state index in [1.165, 1.54) is 37.9 Å². The van der Waals surface area contributed by atoms with Crippen molar-refractivity contribution in [3.8, 4) is 0 Å². The number of amides is 3. The van der Waals surface area contributed by atoms with Crippen molar-refractivity contribution in [2.75, 3.05) is 39.3 Å². The molecule has 4 heterocycles. The fourth-order valence-electron chi connectivity index (χ4n) is 7.24. The van der Waals surface area contributed by atoms with Gasteiger partial charge in [-0.2, -0.15) is 5.10 Å². The zero-order valence-electron chi connectivity index (χ0n) is 24.7. The Morgan fingerprint density at radius 1 is 0.976 bits per heavy atom. The number of halogens is 1. The predicted octanol–water partition coefficient (Wildman–Crippen LogP) is 5.50. The second kappa shape index (κ2) is 13.0. The normalized spacial score (nSPS) is 20.1. The smallest absolute Gasteiger partial charge is 0.318 e. The van der Waals surface area contributed by atoms with Crippen LogP contribution in [0, 0.1) is 6.92 Å². The average molecular weight is 591 g/mol. The van der Waals surface area contributed by atoms with Gasteiger partial charge in [-0.15, -0.1) is 0 Å². The van der Waals surface area contributed by atoms with Crippen LogP contribution in [0.4, 0.5) is 4.79 Å². The molecule has 0 saturated carbocycles. The fraction of sp³-hybridized carbons (Fsp3) is 0.545. The van der Waals surface area contributed by atoms with E-state index in [0.717, 1.165) is 65.8 Å². The third-order valence-corrected chi connectivity index (χ3v) is 9.86. The molecule has 8 nitrogen and oxygen atoms in total. The summed E-state index contributed by atoms with van der Waals surface area (Å²) in [6.45, 7) is 7.22. The summed E-state index contributed by atoms with van der Waals surface area (Å²) in [7, 11) is 0. The van der Waals surface area contributed by atoms with Crippen molar-refractivity contribution in [1.29, 1.82) is 0 Å². The van der Waals surface area contributed by atoms with Crippen molar-refractivity contribution in [3.63, 3.8) is 0 Å². The number of carbonyl (C=O) groups is 2. The van der Waals surface area contributed by atoms with Gasteiger partial charge in [0.2, 0.25) is 5.91 Å². The molecule has 1 aromatic heterocycles. The summed E-state index contributed by atoms with van der Waals surface area (Å²) >= 11 is 6.23. The van der Waals surface area contributed by atoms with Gasteiger partial charge in [0.1, 0.15) is 6.04 Å². The van der Waals surface area contributed by atoms with Crippen molar-refractivity contribution in [2.45, 2.75) is 76.3 Å². The quantitative estimate of drug-likeness (QED) is 0.397. The molecule has 0 aliphatic carbocycles. The van der Waals surface area contributed by atoms with E-state index in [1.807, 2.05) is 34.2 Å². The molecule has 2 aromatic carbocycles. The van der Waals surface area contributed by atoms with Crippen LogP contribution in [0.1, 0.15) is 67.6 Å². The number of aryl methyl sites for hydroxylation is 1. The number of piperidine rings is 3. The number of nitrogens with zero attached hydrogens (tertiary/aromatic N) is 4. The van der Waals surface area contributed by atoms with E-state index in [9.17, 15) is 9.59 Å². The second-order valence-corrected chi connectivity index (χ2v) is 12.9. The van der Waals surface area contributed by atoms with Crippen LogP contribution in [0.15, 0.2) is 42.6 Å². The summed E-state index contributed by atoms with van der Waals surface area (Å²) in [6.07, 6.45) is 9.94. The van der Waals surface area contributed by atoms with E-state index in [-0.39, 0.29) is 11.9 Å². The summed E-state index contributed by atoms with van der Waals surface area (Å²) in [5, 5.41) is 12.2. The molecule has 42 heavy (non-hydrogen) atoms. The number of aromatic amines is 1. The van der Waals surface area contributed by atoms with Gasteiger partial charge in [-0.25, -0.2) is 4.79 Å². The number of H-pyrrole nitrogens is 1. The summed E-state index contributed by atoms with van der Waals surface area (Å²) in [5.41, 5.74) is 4.35. The van der Waals surface area contributed by atoms with E-state index in [1.54, 1.807) is 0 Å².